The molecule has 4 aromatic rings. The maximum Gasteiger partial charge on any atom is 0.456 e. The third-order valence-corrected chi connectivity index (χ3v) is 6.81. The van der Waals surface area contributed by atoms with Crippen LogP contribution in [0.2, 0.25) is 5.02 Å². The van der Waals surface area contributed by atoms with Gasteiger partial charge in [-0.1, -0.05) is 53.6 Å². The van der Waals surface area contributed by atoms with Crippen molar-refractivity contribution < 1.29 is 19.6 Å². The van der Waals surface area contributed by atoms with Crippen molar-refractivity contribution in [3.05, 3.63) is 106 Å². The van der Waals surface area contributed by atoms with Gasteiger partial charge in [0.05, 0.1) is 24.9 Å². The summed E-state index contributed by atoms with van der Waals surface area (Å²) in [7, 11) is 0.218. The maximum atomic E-state index is 13.1. The van der Waals surface area contributed by atoms with E-state index in [1.165, 1.54) is 0 Å². The van der Waals surface area contributed by atoms with Gasteiger partial charge in [0.1, 0.15) is 17.6 Å². The van der Waals surface area contributed by atoms with Crippen LogP contribution in [0.5, 0.6) is 5.75 Å². The molecule has 0 unspecified atom stereocenters. The third kappa shape index (κ3) is 5.88. The molecule has 1 aromatic heterocycles. The zero-order valence-electron chi connectivity index (χ0n) is 21.5. The average molecular weight is 544 g/mol. The van der Waals surface area contributed by atoms with Crippen LogP contribution in [0, 0.1) is 6.92 Å². The fourth-order valence-electron chi connectivity index (χ4n) is 4.63. The van der Waals surface area contributed by atoms with Gasteiger partial charge in [-0.05, 0) is 42.8 Å². The highest BCUT2D eigenvalue weighted by Gasteiger charge is 2.30. The number of halogens is 1. The minimum absolute atomic E-state index is 0.0646. The molecule has 39 heavy (non-hydrogen) atoms. The molecule has 3 N–H and O–H groups in total. The second kappa shape index (κ2) is 11.4. The molecular weight excluding hydrogens is 517 g/mol. The Labute approximate surface area is 231 Å². The van der Waals surface area contributed by atoms with Gasteiger partial charge in [-0.3, -0.25) is 14.4 Å². The molecule has 1 aliphatic heterocycles. The SMILES string of the molecule is COc1ccc2c(c1)C(c1ccc(Cl)cc1)=N[C@@H](CC(=O)NCc1ccc(CB(O)O)cc1)c1nnc(C)n1-2. The summed E-state index contributed by atoms with van der Waals surface area (Å²) in [6.45, 7) is 2.19. The molecule has 0 bridgehead atoms. The Morgan fingerprint density at radius 3 is 2.46 bits per heavy atom. The standard InChI is InChI=1S/C28H27BClN5O4/c1-17-33-34-28-24(14-26(36)31-16-19-5-3-18(4-6-19)15-29(37)38)32-27(20-7-9-21(30)10-8-20)23-13-22(39-2)11-12-25(23)35(17)28/h3-13,24,37-38H,14-16H2,1-2H3,(H,31,36)/t24-/m0/s1. The van der Waals surface area contributed by atoms with Crippen LogP contribution in [0.25, 0.3) is 5.69 Å². The summed E-state index contributed by atoms with van der Waals surface area (Å²) in [5.74, 6) is 1.75. The molecule has 0 fully saturated rings. The van der Waals surface area contributed by atoms with Crippen molar-refractivity contribution in [2.45, 2.75) is 32.3 Å². The number of benzene rings is 3. The van der Waals surface area contributed by atoms with Crippen LogP contribution in [0.1, 0.15) is 46.4 Å². The van der Waals surface area contributed by atoms with Crippen molar-refractivity contribution in [2.75, 3.05) is 7.11 Å². The molecule has 0 aliphatic carbocycles. The Balaban J connectivity index is 1.46. The summed E-state index contributed by atoms with van der Waals surface area (Å²) in [6, 6.07) is 19.9. The van der Waals surface area contributed by atoms with Gasteiger partial charge < -0.3 is 20.1 Å². The highest BCUT2D eigenvalue weighted by molar-refractivity contribution is 6.40. The fraction of sp³-hybridized carbons (Fsp3) is 0.214. The van der Waals surface area contributed by atoms with Crippen molar-refractivity contribution in [2.24, 2.45) is 4.99 Å². The second-order valence-corrected chi connectivity index (χ2v) is 9.74. The van der Waals surface area contributed by atoms with Gasteiger partial charge in [0.25, 0.3) is 0 Å². The van der Waals surface area contributed by atoms with E-state index in [2.05, 4.69) is 15.5 Å². The normalized spacial score (nSPS) is 14.1. The number of amides is 1. The first-order valence-electron chi connectivity index (χ1n) is 12.5. The predicted molar refractivity (Wildman–Crippen MR) is 149 cm³/mol. The molecule has 0 radical (unpaired) electrons. The number of hydrogen-bond donors (Lipinski definition) is 3. The number of aromatic nitrogens is 3. The van der Waals surface area contributed by atoms with E-state index in [-0.39, 0.29) is 18.6 Å². The minimum Gasteiger partial charge on any atom is -0.497 e. The van der Waals surface area contributed by atoms with Crippen LogP contribution < -0.4 is 10.1 Å². The topological polar surface area (TPSA) is 122 Å². The summed E-state index contributed by atoms with van der Waals surface area (Å²) in [6.07, 6.45) is 0.214. The van der Waals surface area contributed by atoms with E-state index >= 15 is 0 Å². The smallest absolute Gasteiger partial charge is 0.456 e. The van der Waals surface area contributed by atoms with Gasteiger partial charge in [0.15, 0.2) is 5.82 Å². The van der Waals surface area contributed by atoms with Crippen LogP contribution in [0.3, 0.4) is 0 Å². The number of nitrogens with zero attached hydrogens (tertiary/aromatic N) is 4. The summed E-state index contributed by atoms with van der Waals surface area (Å²) in [5, 5.41) is 30.6. The number of aryl methyl sites for hydroxylation is 1. The number of rotatable bonds is 8. The number of aliphatic imine (C=N–C) groups is 1. The van der Waals surface area contributed by atoms with E-state index in [9.17, 15) is 4.79 Å². The molecule has 9 nitrogen and oxygen atoms in total. The van der Waals surface area contributed by atoms with Crippen LogP contribution in [0.4, 0.5) is 0 Å². The number of nitrogens with one attached hydrogen (secondary N) is 1. The molecule has 3 aromatic carbocycles. The lowest BCUT2D eigenvalue weighted by Gasteiger charge is -2.14. The van der Waals surface area contributed by atoms with Gasteiger partial charge in [-0.15, -0.1) is 10.2 Å². The van der Waals surface area contributed by atoms with Gasteiger partial charge in [0.2, 0.25) is 5.91 Å². The number of carbonyl (C=O) groups is 1. The van der Waals surface area contributed by atoms with E-state index in [0.29, 0.717) is 34.7 Å². The number of carbonyl (C=O) groups excluding carboxylic acids is 1. The van der Waals surface area contributed by atoms with E-state index in [4.69, 9.17) is 31.4 Å². The molecule has 2 heterocycles. The lowest BCUT2D eigenvalue weighted by atomic mass is 9.82. The third-order valence-electron chi connectivity index (χ3n) is 6.56. The van der Waals surface area contributed by atoms with Gasteiger partial charge in [-0.2, -0.15) is 0 Å². The summed E-state index contributed by atoms with van der Waals surface area (Å²) in [4.78, 5) is 18.2. The highest BCUT2D eigenvalue weighted by Crippen LogP contribution is 2.34. The Kier molecular flexibility index (Phi) is 7.78. The van der Waals surface area contributed by atoms with E-state index in [1.54, 1.807) is 7.11 Å². The zero-order chi connectivity index (χ0) is 27.5. The molecule has 11 heteroatoms. The molecule has 1 aliphatic rings. The summed E-state index contributed by atoms with van der Waals surface area (Å²) >= 11 is 6.16. The largest absolute Gasteiger partial charge is 0.497 e. The summed E-state index contributed by atoms with van der Waals surface area (Å²) < 4.78 is 7.45. The zero-order valence-corrected chi connectivity index (χ0v) is 22.3. The molecule has 0 saturated heterocycles. The first-order chi connectivity index (χ1) is 18.8. The van der Waals surface area contributed by atoms with E-state index in [0.717, 1.165) is 27.9 Å². The Hall–Kier alpha value is -3.99. The average Bonchev–Trinajstić information content (AvgIpc) is 3.25. The molecule has 5 rings (SSSR count). The lowest BCUT2D eigenvalue weighted by Crippen LogP contribution is -2.25. The van der Waals surface area contributed by atoms with Crippen LogP contribution in [-0.4, -0.2) is 50.7 Å². The highest BCUT2D eigenvalue weighted by atomic mass is 35.5. The van der Waals surface area contributed by atoms with Crippen molar-refractivity contribution in [1.29, 1.82) is 0 Å². The number of ether oxygens (including phenoxy) is 1. The van der Waals surface area contributed by atoms with Crippen molar-refractivity contribution in [1.82, 2.24) is 20.1 Å². The number of methoxy groups -OCH3 is 1. The van der Waals surface area contributed by atoms with E-state index < -0.39 is 13.2 Å². The van der Waals surface area contributed by atoms with Crippen LogP contribution in [-0.2, 0) is 17.7 Å². The first kappa shape index (κ1) is 26.6. The minimum atomic E-state index is -1.40. The van der Waals surface area contributed by atoms with E-state index in [1.807, 2.05) is 78.2 Å². The first-order valence-corrected chi connectivity index (χ1v) is 12.8. The predicted octanol–water partition coefficient (Wildman–Crippen LogP) is 3.39. The monoisotopic (exact) mass is 543 g/mol. The van der Waals surface area contributed by atoms with Crippen molar-refractivity contribution >= 4 is 30.3 Å². The fourth-order valence-corrected chi connectivity index (χ4v) is 4.76. The summed E-state index contributed by atoms with van der Waals surface area (Å²) in [5.41, 5.74) is 4.92. The van der Waals surface area contributed by atoms with Crippen LogP contribution >= 0.6 is 11.6 Å². The quantitative estimate of drug-likeness (QED) is 0.293. The van der Waals surface area contributed by atoms with Crippen molar-refractivity contribution in [3.63, 3.8) is 0 Å². The molecule has 1 amide bonds. The number of hydrogen-bond acceptors (Lipinski definition) is 7. The molecule has 0 saturated carbocycles. The van der Waals surface area contributed by atoms with Crippen molar-refractivity contribution in [3.8, 4) is 11.4 Å². The molecule has 1 atom stereocenters. The Morgan fingerprint density at radius 1 is 1.05 bits per heavy atom. The number of fused-ring (bicyclic) bond motifs is 3. The van der Waals surface area contributed by atoms with Crippen LogP contribution in [0.15, 0.2) is 71.7 Å². The van der Waals surface area contributed by atoms with Gasteiger partial charge in [-0.25, -0.2) is 0 Å². The second-order valence-electron chi connectivity index (χ2n) is 9.31. The Bertz CT molecular complexity index is 1520. The van der Waals surface area contributed by atoms with Gasteiger partial charge >= 0.3 is 7.12 Å². The molecule has 0 spiro atoms. The Morgan fingerprint density at radius 2 is 1.77 bits per heavy atom. The lowest BCUT2D eigenvalue weighted by molar-refractivity contribution is -0.121. The maximum absolute atomic E-state index is 13.1. The van der Waals surface area contributed by atoms with Gasteiger partial charge in [0, 0.05) is 29.0 Å². The molecule has 198 valence electrons. The molecular formula is C28H27BClN5O4.